The summed E-state index contributed by atoms with van der Waals surface area (Å²) in [5.41, 5.74) is 2.73. The van der Waals surface area contributed by atoms with Gasteiger partial charge in [-0.3, -0.25) is 4.98 Å². The van der Waals surface area contributed by atoms with Crippen LogP contribution < -0.4 is 5.32 Å². The molecular formula is C20H33N3. The lowest BCUT2D eigenvalue weighted by molar-refractivity contribution is 0.228. The molecule has 0 unspecified atom stereocenters. The minimum absolute atomic E-state index is 0.703. The van der Waals surface area contributed by atoms with E-state index in [9.17, 15) is 0 Å². The van der Waals surface area contributed by atoms with Crippen molar-refractivity contribution in [1.82, 2.24) is 15.2 Å². The standard InChI is InChI=1S/C20H33N3/c1-16-4-3-12-22-20(16)18-7-5-17(6-8-18)9-13-21-19-10-14-23(2)15-11-19/h3-4,12,17-19,21H,5-11,13-15H2,1-2H3. The van der Waals surface area contributed by atoms with E-state index in [1.807, 2.05) is 6.20 Å². The van der Waals surface area contributed by atoms with Gasteiger partial charge in [0.05, 0.1) is 0 Å². The van der Waals surface area contributed by atoms with Crippen LogP contribution in [-0.4, -0.2) is 42.6 Å². The normalized spacial score (nSPS) is 27.2. The fourth-order valence-corrected chi connectivity index (χ4v) is 4.35. The molecule has 1 saturated heterocycles. The summed E-state index contributed by atoms with van der Waals surface area (Å²) in [5, 5.41) is 3.80. The molecule has 0 atom stereocenters. The first kappa shape index (κ1) is 16.9. The van der Waals surface area contributed by atoms with E-state index in [2.05, 4.69) is 41.3 Å². The molecule has 23 heavy (non-hydrogen) atoms. The Morgan fingerprint density at radius 1 is 1.13 bits per heavy atom. The maximum absolute atomic E-state index is 4.64. The lowest BCUT2D eigenvalue weighted by Gasteiger charge is -2.31. The lowest BCUT2D eigenvalue weighted by atomic mass is 9.78. The van der Waals surface area contributed by atoms with Gasteiger partial charge in [-0.1, -0.05) is 6.07 Å². The summed E-state index contributed by atoms with van der Waals surface area (Å²) in [7, 11) is 2.23. The van der Waals surface area contributed by atoms with Gasteiger partial charge in [0.1, 0.15) is 0 Å². The van der Waals surface area contributed by atoms with Gasteiger partial charge in [-0.2, -0.15) is 0 Å². The average Bonchev–Trinajstić information content (AvgIpc) is 2.58. The van der Waals surface area contributed by atoms with Crippen molar-refractivity contribution in [2.24, 2.45) is 5.92 Å². The predicted molar refractivity (Wildman–Crippen MR) is 96.8 cm³/mol. The minimum atomic E-state index is 0.703. The Balaban J connectivity index is 1.36. The second-order valence-corrected chi connectivity index (χ2v) is 7.74. The second-order valence-electron chi connectivity index (χ2n) is 7.74. The van der Waals surface area contributed by atoms with Gasteiger partial charge in [-0.15, -0.1) is 0 Å². The topological polar surface area (TPSA) is 28.2 Å². The van der Waals surface area contributed by atoms with Crippen molar-refractivity contribution < 1.29 is 0 Å². The maximum Gasteiger partial charge on any atom is 0.0463 e. The molecule has 2 fully saturated rings. The van der Waals surface area contributed by atoms with E-state index in [1.54, 1.807) is 0 Å². The predicted octanol–water partition coefficient (Wildman–Crippen LogP) is 3.74. The van der Waals surface area contributed by atoms with Gasteiger partial charge in [0.15, 0.2) is 0 Å². The van der Waals surface area contributed by atoms with Gasteiger partial charge in [-0.25, -0.2) is 0 Å². The van der Waals surface area contributed by atoms with E-state index in [0.717, 1.165) is 12.0 Å². The zero-order valence-corrected chi connectivity index (χ0v) is 14.9. The van der Waals surface area contributed by atoms with E-state index >= 15 is 0 Å². The van der Waals surface area contributed by atoms with Crippen molar-refractivity contribution >= 4 is 0 Å². The number of piperidine rings is 1. The number of aromatic nitrogens is 1. The van der Waals surface area contributed by atoms with Crippen LogP contribution in [0, 0.1) is 12.8 Å². The van der Waals surface area contributed by atoms with Crippen molar-refractivity contribution in [1.29, 1.82) is 0 Å². The quantitative estimate of drug-likeness (QED) is 0.897. The number of pyridine rings is 1. The summed E-state index contributed by atoms with van der Waals surface area (Å²) >= 11 is 0. The summed E-state index contributed by atoms with van der Waals surface area (Å²) in [4.78, 5) is 7.08. The van der Waals surface area contributed by atoms with Crippen LogP contribution in [0.5, 0.6) is 0 Å². The molecule has 1 saturated carbocycles. The van der Waals surface area contributed by atoms with Gasteiger partial charge in [0.25, 0.3) is 0 Å². The Bertz CT molecular complexity index is 472. The van der Waals surface area contributed by atoms with E-state index in [0.29, 0.717) is 5.92 Å². The van der Waals surface area contributed by atoms with Crippen LogP contribution in [0.4, 0.5) is 0 Å². The molecule has 1 aromatic rings. The average molecular weight is 316 g/mol. The van der Waals surface area contributed by atoms with Crippen LogP contribution in [0.2, 0.25) is 0 Å². The van der Waals surface area contributed by atoms with Crippen LogP contribution in [0.1, 0.15) is 62.1 Å². The third-order valence-electron chi connectivity index (χ3n) is 5.99. The van der Waals surface area contributed by atoms with Crippen LogP contribution in [0.15, 0.2) is 18.3 Å². The molecule has 0 radical (unpaired) electrons. The molecular weight excluding hydrogens is 282 g/mol. The molecule has 2 heterocycles. The maximum atomic E-state index is 4.64. The van der Waals surface area contributed by atoms with Crippen LogP contribution in [0.25, 0.3) is 0 Å². The number of hydrogen-bond donors (Lipinski definition) is 1. The van der Waals surface area contributed by atoms with Gasteiger partial charge < -0.3 is 10.2 Å². The van der Waals surface area contributed by atoms with Gasteiger partial charge in [-0.05, 0) is 96.1 Å². The molecule has 128 valence electrons. The minimum Gasteiger partial charge on any atom is -0.314 e. The summed E-state index contributed by atoms with van der Waals surface area (Å²) in [6, 6.07) is 5.03. The highest BCUT2D eigenvalue weighted by Crippen LogP contribution is 2.37. The van der Waals surface area contributed by atoms with Gasteiger partial charge >= 0.3 is 0 Å². The number of aryl methyl sites for hydroxylation is 1. The third kappa shape index (κ3) is 4.77. The first-order valence-corrected chi connectivity index (χ1v) is 9.56. The van der Waals surface area contributed by atoms with E-state index in [4.69, 9.17) is 0 Å². The fraction of sp³-hybridized carbons (Fsp3) is 0.750. The Hall–Kier alpha value is -0.930. The largest absolute Gasteiger partial charge is 0.314 e. The van der Waals surface area contributed by atoms with Gasteiger partial charge in [0, 0.05) is 23.9 Å². The zero-order valence-electron chi connectivity index (χ0n) is 14.9. The summed E-state index contributed by atoms with van der Waals surface area (Å²) in [6.07, 6.45) is 11.4. The molecule has 0 aromatic carbocycles. The monoisotopic (exact) mass is 315 g/mol. The molecule has 1 aliphatic carbocycles. The smallest absolute Gasteiger partial charge is 0.0463 e. The Labute approximate surface area is 141 Å². The van der Waals surface area contributed by atoms with E-state index < -0.39 is 0 Å². The highest BCUT2D eigenvalue weighted by atomic mass is 15.1. The number of nitrogens with zero attached hydrogens (tertiary/aromatic N) is 2. The zero-order chi connectivity index (χ0) is 16.1. The first-order valence-electron chi connectivity index (χ1n) is 9.56. The summed E-state index contributed by atoms with van der Waals surface area (Å²) < 4.78 is 0. The Morgan fingerprint density at radius 2 is 1.87 bits per heavy atom. The molecule has 1 aliphatic heterocycles. The molecule has 1 aromatic heterocycles. The first-order chi connectivity index (χ1) is 11.2. The lowest BCUT2D eigenvalue weighted by Crippen LogP contribution is -2.41. The number of nitrogens with one attached hydrogen (secondary N) is 1. The van der Waals surface area contributed by atoms with Crippen molar-refractivity contribution in [2.75, 3.05) is 26.7 Å². The number of hydrogen-bond acceptors (Lipinski definition) is 3. The van der Waals surface area contributed by atoms with Crippen LogP contribution >= 0.6 is 0 Å². The number of likely N-dealkylation sites (tertiary alicyclic amines) is 1. The summed E-state index contributed by atoms with van der Waals surface area (Å²) in [6.45, 7) is 5.94. The molecule has 3 rings (SSSR count). The Kier molecular flexibility index (Phi) is 6.07. The SMILES string of the molecule is Cc1cccnc1C1CCC(CCNC2CCN(C)CC2)CC1. The molecule has 3 nitrogen and oxygen atoms in total. The molecule has 3 heteroatoms. The molecule has 2 aliphatic rings. The molecule has 1 N–H and O–H groups in total. The van der Waals surface area contributed by atoms with Crippen molar-refractivity contribution in [3.8, 4) is 0 Å². The van der Waals surface area contributed by atoms with Crippen molar-refractivity contribution in [3.05, 3.63) is 29.6 Å². The van der Waals surface area contributed by atoms with Gasteiger partial charge in [0.2, 0.25) is 0 Å². The highest BCUT2D eigenvalue weighted by molar-refractivity contribution is 5.21. The van der Waals surface area contributed by atoms with E-state index in [1.165, 1.54) is 75.8 Å². The summed E-state index contributed by atoms with van der Waals surface area (Å²) in [5.74, 6) is 1.63. The molecule has 0 bridgehead atoms. The van der Waals surface area contributed by atoms with Crippen molar-refractivity contribution in [3.63, 3.8) is 0 Å². The third-order valence-corrected chi connectivity index (χ3v) is 5.99. The molecule has 0 spiro atoms. The van der Waals surface area contributed by atoms with Crippen molar-refractivity contribution in [2.45, 2.75) is 63.8 Å². The van der Waals surface area contributed by atoms with E-state index in [-0.39, 0.29) is 0 Å². The Morgan fingerprint density at radius 3 is 2.57 bits per heavy atom. The molecule has 0 amide bonds. The number of rotatable bonds is 5. The highest BCUT2D eigenvalue weighted by Gasteiger charge is 2.24. The fourth-order valence-electron chi connectivity index (χ4n) is 4.35. The van der Waals surface area contributed by atoms with Crippen LogP contribution in [-0.2, 0) is 0 Å². The second kappa shape index (κ2) is 8.25. The van der Waals surface area contributed by atoms with Crippen LogP contribution in [0.3, 0.4) is 0 Å².